The Morgan fingerprint density at radius 3 is 2.88 bits per heavy atom. The molecule has 2 rings (SSSR count). The van der Waals surface area contributed by atoms with Crippen molar-refractivity contribution in [2.24, 2.45) is 0 Å². The molecule has 1 N–H and O–H groups in total. The van der Waals surface area contributed by atoms with Gasteiger partial charge >= 0.3 is 0 Å². The predicted molar refractivity (Wildman–Crippen MR) is 67.2 cm³/mol. The molecule has 0 bridgehead atoms. The molecule has 0 aromatic heterocycles. The lowest BCUT2D eigenvalue weighted by Crippen LogP contribution is -2.28. The van der Waals surface area contributed by atoms with E-state index < -0.39 is 0 Å². The Labute approximate surface area is 97.7 Å². The molecule has 1 aliphatic heterocycles. The van der Waals surface area contributed by atoms with Crippen LogP contribution in [0.2, 0.25) is 0 Å². The van der Waals surface area contributed by atoms with Crippen LogP contribution in [0.15, 0.2) is 30.3 Å². The molecule has 0 atom stereocenters. The van der Waals surface area contributed by atoms with Crippen LogP contribution in [0.1, 0.15) is 12.0 Å². The Morgan fingerprint density at radius 2 is 2.00 bits per heavy atom. The molecule has 0 aliphatic carbocycles. The van der Waals surface area contributed by atoms with Crippen molar-refractivity contribution in [1.29, 1.82) is 0 Å². The highest BCUT2D eigenvalue weighted by atomic mass is 15.1. The van der Waals surface area contributed by atoms with Crippen LogP contribution in [-0.2, 0) is 0 Å². The zero-order valence-electron chi connectivity index (χ0n) is 9.58. The van der Waals surface area contributed by atoms with Crippen LogP contribution in [0.3, 0.4) is 0 Å². The van der Waals surface area contributed by atoms with E-state index in [1.165, 1.54) is 6.42 Å². The van der Waals surface area contributed by atoms with E-state index in [0.29, 0.717) is 0 Å². The van der Waals surface area contributed by atoms with Crippen LogP contribution < -0.4 is 5.32 Å². The first-order chi connectivity index (χ1) is 7.95. The van der Waals surface area contributed by atoms with Gasteiger partial charge in [-0.2, -0.15) is 0 Å². The summed E-state index contributed by atoms with van der Waals surface area (Å²) in [6.45, 7) is 5.39. The second kappa shape index (κ2) is 6.32. The lowest BCUT2D eigenvalue weighted by Gasteiger charge is -2.15. The van der Waals surface area contributed by atoms with Crippen LogP contribution in [0, 0.1) is 11.8 Å². The predicted octanol–water partition coefficient (Wildman–Crippen LogP) is 1.33. The van der Waals surface area contributed by atoms with Gasteiger partial charge in [0.25, 0.3) is 0 Å². The van der Waals surface area contributed by atoms with Gasteiger partial charge in [-0.25, -0.2) is 0 Å². The number of benzene rings is 1. The number of hydrogen-bond acceptors (Lipinski definition) is 2. The summed E-state index contributed by atoms with van der Waals surface area (Å²) < 4.78 is 0. The van der Waals surface area contributed by atoms with Gasteiger partial charge in [0.2, 0.25) is 0 Å². The van der Waals surface area contributed by atoms with Crippen molar-refractivity contribution in [3.8, 4) is 11.8 Å². The zero-order chi connectivity index (χ0) is 11.1. The van der Waals surface area contributed by atoms with Gasteiger partial charge in [-0.05, 0) is 25.1 Å². The summed E-state index contributed by atoms with van der Waals surface area (Å²) in [5.41, 5.74) is 1.11. The third kappa shape index (κ3) is 3.69. The van der Waals surface area contributed by atoms with Crippen LogP contribution in [0.4, 0.5) is 0 Å². The van der Waals surface area contributed by atoms with Crippen LogP contribution >= 0.6 is 0 Å². The third-order valence-electron chi connectivity index (χ3n) is 2.74. The van der Waals surface area contributed by atoms with Gasteiger partial charge in [-0.15, -0.1) is 0 Å². The summed E-state index contributed by atoms with van der Waals surface area (Å²) in [5, 5.41) is 3.40. The minimum absolute atomic E-state index is 0.885. The van der Waals surface area contributed by atoms with Crippen molar-refractivity contribution in [1.82, 2.24) is 10.2 Å². The minimum atomic E-state index is 0.885. The molecule has 1 saturated heterocycles. The molecule has 1 aromatic carbocycles. The Morgan fingerprint density at radius 1 is 1.12 bits per heavy atom. The topological polar surface area (TPSA) is 15.3 Å². The van der Waals surface area contributed by atoms with Crippen LogP contribution in [-0.4, -0.2) is 37.6 Å². The molecule has 0 spiro atoms. The lowest BCUT2D eigenvalue weighted by molar-refractivity contribution is 0.329. The lowest BCUT2D eigenvalue weighted by atomic mass is 10.2. The van der Waals surface area contributed by atoms with Crippen molar-refractivity contribution in [2.75, 3.05) is 32.7 Å². The molecule has 0 saturated carbocycles. The molecule has 84 valence electrons. The number of rotatable bonds is 1. The Balaban J connectivity index is 1.84. The van der Waals surface area contributed by atoms with Crippen molar-refractivity contribution in [3.63, 3.8) is 0 Å². The van der Waals surface area contributed by atoms with Crippen molar-refractivity contribution in [2.45, 2.75) is 6.42 Å². The highest BCUT2D eigenvalue weighted by Crippen LogP contribution is 1.96. The van der Waals surface area contributed by atoms with Crippen LogP contribution in [0.5, 0.6) is 0 Å². The molecular formula is C14H18N2. The molecule has 0 radical (unpaired) electrons. The summed E-state index contributed by atoms with van der Waals surface area (Å²) >= 11 is 0. The number of nitrogens with one attached hydrogen (secondary N) is 1. The van der Waals surface area contributed by atoms with E-state index in [9.17, 15) is 0 Å². The Bertz CT molecular complexity index is 353. The molecule has 1 aromatic rings. The maximum atomic E-state index is 3.40. The molecule has 2 nitrogen and oxygen atoms in total. The first-order valence-corrected chi connectivity index (χ1v) is 5.92. The SMILES string of the molecule is C(#Cc1ccccc1)CN1CCCNCC1. The van der Waals surface area contributed by atoms with Crippen molar-refractivity contribution >= 4 is 0 Å². The van der Waals surface area contributed by atoms with Gasteiger partial charge in [0.1, 0.15) is 0 Å². The standard InChI is InChI=1S/C14H18N2/c1-2-6-14(7-3-1)8-4-11-16-12-5-9-15-10-13-16/h1-3,6-7,15H,5,9-13H2. The second-order valence-electron chi connectivity index (χ2n) is 4.05. The van der Waals surface area contributed by atoms with E-state index >= 15 is 0 Å². The highest BCUT2D eigenvalue weighted by Gasteiger charge is 2.05. The summed E-state index contributed by atoms with van der Waals surface area (Å²) in [6, 6.07) is 10.2. The first-order valence-electron chi connectivity index (χ1n) is 5.92. The van der Waals surface area contributed by atoms with Gasteiger partial charge in [0.05, 0.1) is 6.54 Å². The van der Waals surface area contributed by atoms with E-state index in [4.69, 9.17) is 0 Å². The maximum Gasteiger partial charge on any atom is 0.0605 e. The van der Waals surface area contributed by atoms with Crippen LogP contribution in [0.25, 0.3) is 0 Å². The Kier molecular flexibility index (Phi) is 4.42. The monoisotopic (exact) mass is 214 g/mol. The summed E-state index contributed by atoms with van der Waals surface area (Å²) in [5.74, 6) is 6.45. The van der Waals surface area contributed by atoms with Crippen molar-refractivity contribution in [3.05, 3.63) is 35.9 Å². The van der Waals surface area contributed by atoms with E-state index in [1.54, 1.807) is 0 Å². The molecule has 16 heavy (non-hydrogen) atoms. The molecule has 0 unspecified atom stereocenters. The van der Waals surface area contributed by atoms with E-state index in [2.05, 4.69) is 34.2 Å². The van der Waals surface area contributed by atoms with Gasteiger partial charge < -0.3 is 5.32 Å². The van der Waals surface area contributed by atoms with Gasteiger partial charge in [0, 0.05) is 25.2 Å². The first kappa shape index (κ1) is 11.2. The van der Waals surface area contributed by atoms with E-state index in [1.807, 2.05) is 18.2 Å². The average molecular weight is 214 g/mol. The average Bonchev–Trinajstić information content (AvgIpc) is 2.59. The second-order valence-corrected chi connectivity index (χ2v) is 4.05. The fraction of sp³-hybridized carbons (Fsp3) is 0.429. The number of hydrogen-bond donors (Lipinski definition) is 1. The number of nitrogens with zero attached hydrogens (tertiary/aromatic N) is 1. The smallest absolute Gasteiger partial charge is 0.0605 e. The largest absolute Gasteiger partial charge is 0.315 e. The van der Waals surface area contributed by atoms with Crippen molar-refractivity contribution < 1.29 is 0 Å². The molecule has 2 heteroatoms. The zero-order valence-corrected chi connectivity index (χ0v) is 9.58. The summed E-state index contributed by atoms with van der Waals surface area (Å²) in [4.78, 5) is 2.41. The molecule has 1 aliphatic rings. The van der Waals surface area contributed by atoms with Gasteiger partial charge in [-0.1, -0.05) is 30.0 Å². The van der Waals surface area contributed by atoms with E-state index in [0.717, 1.165) is 38.3 Å². The fourth-order valence-electron chi connectivity index (χ4n) is 1.83. The minimum Gasteiger partial charge on any atom is -0.315 e. The summed E-state index contributed by atoms with van der Waals surface area (Å²) in [7, 11) is 0. The quantitative estimate of drug-likeness (QED) is 0.710. The maximum absolute atomic E-state index is 3.40. The van der Waals surface area contributed by atoms with Gasteiger partial charge in [-0.3, -0.25) is 4.90 Å². The fourth-order valence-corrected chi connectivity index (χ4v) is 1.83. The van der Waals surface area contributed by atoms with Gasteiger partial charge in [0.15, 0.2) is 0 Å². The highest BCUT2D eigenvalue weighted by molar-refractivity contribution is 5.33. The normalized spacial score (nSPS) is 17.2. The third-order valence-corrected chi connectivity index (χ3v) is 2.74. The summed E-state index contributed by atoms with van der Waals surface area (Å²) in [6.07, 6.45) is 1.23. The Hall–Kier alpha value is -1.30. The molecule has 0 amide bonds. The molecule has 1 fully saturated rings. The van der Waals surface area contributed by atoms with E-state index in [-0.39, 0.29) is 0 Å². The molecule has 1 heterocycles. The molecular weight excluding hydrogens is 196 g/mol.